The number of ketones is 1. The first kappa shape index (κ1) is 13.5. The molecule has 0 aliphatic rings. The van der Waals surface area contributed by atoms with Gasteiger partial charge in [-0.15, -0.1) is 11.3 Å². The van der Waals surface area contributed by atoms with Crippen LogP contribution in [0.25, 0.3) is 10.1 Å². The van der Waals surface area contributed by atoms with Crippen LogP contribution >= 0.6 is 27.3 Å². The molecule has 20 heavy (non-hydrogen) atoms. The van der Waals surface area contributed by atoms with E-state index in [2.05, 4.69) is 22.0 Å². The third kappa shape index (κ3) is 2.32. The van der Waals surface area contributed by atoms with Crippen molar-refractivity contribution in [1.82, 2.24) is 0 Å². The van der Waals surface area contributed by atoms with Crippen molar-refractivity contribution < 1.29 is 4.79 Å². The molecule has 0 saturated heterocycles. The fraction of sp³-hybridized carbons (Fsp3) is 0.118. The predicted octanol–water partition coefficient (Wildman–Crippen LogP) is 5.51. The van der Waals surface area contributed by atoms with Gasteiger partial charge in [0.25, 0.3) is 0 Å². The van der Waals surface area contributed by atoms with Crippen LogP contribution in [0.1, 0.15) is 27.0 Å². The van der Waals surface area contributed by atoms with Crippen LogP contribution in [0, 0.1) is 13.8 Å². The van der Waals surface area contributed by atoms with Gasteiger partial charge < -0.3 is 0 Å². The largest absolute Gasteiger partial charge is 0.289 e. The van der Waals surface area contributed by atoms with Crippen molar-refractivity contribution in [2.45, 2.75) is 13.8 Å². The van der Waals surface area contributed by atoms with Crippen molar-refractivity contribution in [1.29, 1.82) is 0 Å². The van der Waals surface area contributed by atoms with Crippen LogP contribution in [0.5, 0.6) is 0 Å². The molecular formula is C17H13BrOS. The van der Waals surface area contributed by atoms with Crippen molar-refractivity contribution in [2.75, 3.05) is 0 Å². The molecule has 0 bridgehead atoms. The van der Waals surface area contributed by atoms with Gasteiger partial charge in [-0.25, -0.2) is 0 Å². The predicted molar refractivity (Wildman–Crippen MR) is 88.9 cm³/mol. The summed E-state index contributed by atoms with van der Waals surface area (Å²) in [5.74, 6) is 0.0983. The lowest BCUT2D eigenvalue weighted by Crippen LogP contribution is -2.01. The summed E-state index contributed by atoms with van der Waals surface area (Å²) in [6.07, 6.45) is 0. The normalized spacial score (nSPS) is 10.9. The molecule has 3 aromatic rings. The Bertz CT molecular complexity index is 797. The Balaban J connectivity index is 2.15. The van der Waals surface area contributed by atoms with Crippen LogP contribution < -0.4 is 0 Å². The highest BCUT2D eigenvalue weighted by Gasteiger charge is 2.15. The molecule has 100 valence electrons. The molecule has 0 aliphatic heterocycles. The van der Waals surface area contributed by atoms with Crippen LogP contribution in [0.15, 0.2) is 46.3 Å². The first-order valence-corrected chi connectivity index (χ1v) is 8.02. The molecule has 2 aromatic carbocycles. The molecule has 0 fully saturated rings. The molecule has 1 heterocycles. The fourth-order valence-corrected chi connectivity index (χ4v) is 4.06. The lowest BCUT2D eigenvalue weighted by atomic mass is 9.99. The van der Waals surface area contributed by atoms with E-state index >= 15 is 0 Å². The second-order valence-electron chi connectivity index (χ2n) is 4.97. The SMILES string of the molecule is Cc1cc(C)cc(C(=O)c2csc3c(Br)cccc23)c1. The van der Waals surface area contributed by atoms with Gasteiger partial charge in [0.05, 0.1) is 0 Å². The van der Waals surface area contributed by atoms with Gasteiger partial charge in [-0.2, -0.15) is 0 Å². The zero-order chi connectivity index (χ0) is 14.3. The van der Waals surface area contributed by atoms with E-state index in [4.69, 9.17) is 0 Å². The number of carbonyl (C=O) groups is 1. The van der Waals surface area contributed by atoms with E-state index in [0.717, 1.165) is 36.8 Å². The smallest absolute Gasteiger partial charge is 0.194 e. The molecule has 0 spiro atoms. The summed E-state index contributed by atoms with van der Waals surface area (Å²) < 4.78 is 2.17. The van der Waals surface area contributed by atoms with Crippen LogP contribution in [0.2, 0.25) is 0 Å². The minimum atomic E-state index is 0.0983. The quantitative estimate of drug-likeness (QED) is 0.560. The monoisotopic (exact) mass is 344 g/mol. The third-order valence-corrected chi connectivity index (χ3v) is 5.23. The second kappa shape index (κ2) is 5.15. The molecule has 1 nitrogen and oxygen atoms in total. The van der Waals surface area contributed by atoms with Crippen LogP contribution in [0.3, 0.4) is 0 Å². The number of hydrogen-bond acceptors (Lipinski definition) is 2. The first-order valence-electron chi connectivity index (χ1n) is 6.35. The third-order valence-electron chi connectivity index (χ3n) is 3.28. The summed E-state index contributed by atoms with van der Waals surface area (Å²) in [4.78, 5) is 12.7. The van der Waals surface area contributed by atoms with Gasteiger partial charge in [0.2, 0.25) is 0 Å². The zero-order valence-corrected chi connectivity index (χ0v) is 13.6. The van der Waals surface area contributed by atoms with Crippen molar-refractivity contribution in [3.8, 4) is 0 Å². The Kier molecular flexibility index (Phi) is 3.48. The average molecular weight is 345 g/mol. The van der Waals surface area contributed by atoms with Crippen molar-refractivity contribution >= 4 is 43.1 Å². The van der Waals surface area contributed by atoms with Crippen LogP contribution in [0.4, 0.5) is 0 Å². The molecule has 0 saturated carbocycles. The molecule has 0 amide bonds. The topological polar surface area (TPSA) is 17.1 Å². The summed E-state index contributed by atoms with van der Waals surface area (Å²) in [5.41, 5.74) is 3.79. The Morgan fingerprint density at radius 3 is 2.50 bits per heavy atom. The summed E-state index contributed by atoms with van der Waals surface area (Å²) in [7, 11) is 0. The van der Waals surface area contributed by atoms with Gasteiger partial charge >= 0.3 is 0 Å². The molecule has 0 N–H and O–H groups in total. The maximum absolute atomic E-state index is 12.7. The molecular weight excluding hydrogens is 332 g/mol. The Morgan fingerprint density at radius 1 is 1.10 bits per heavy atom. The molecule has 1 aromatic heterocycles. The Labute approximate surface area is 130 Å². The number of thiophene rings is 1. The molecule has 0 radical (unpaired) electrons. The van der Waals surface area contributed by atoms with Crippen molar-refractivity contribution in [3.63, 3.8) is 0 Å². The van der Waals surface area contributed by atoms with Gasteiger partial charge in [-0.05, 0) is 48.0 Å². The first-order chi connectivity index (χ1) is 9.56. The van der Waals surface area contributed by atoms with Gasteiger partial charge in [0.15, 0.2) is 5.78 Å². The lowest BCUT2D eigenvalue weighted by Gasteiger charge is -2.04. The highest BCUT2D eigenvalue weighted by Crippen LogP contribution is 2.33. The number of halogens is 1. The minimum Gasteiger partial charge on any atom is -0.289 e. The Morgan fingerprint density at radius 2 is 1.80 bits per heavy atom. The number of rotatable bonds is 2. The zero-order valence-electron chi connectivity index (χ0n) is 11.2. The van der Waals surface area contributed by atoms with E-state index in [9.17, 15) is 4.79 Å². The summed E-state index contributed by atoms with van der Waals surface area (Å²) in [6, 6.07) is 12.0. The van der Waals surface area contributed by atoms with Crippen LogP contribution in [-0.4, -0.2) is 5.78 Å². The highest BCUT2D eigenvalue weighted by molar-refractivity contribution is 9.10. The number of fused-ring (bicyclic) bond motifs is 1. The fourth-order valence-electron chi connectivity index (χ4n) is 2.46. The minimum absolute atomic E-state index is 0.0983. The number of aryl methyl sites for hydroxylation is 2. The maximum Gasteiger partial charge on any atom is 0.194 e. The van der Waals surface area contributed by atoms with Gasteiger partial charge in [-0.1, -0.05) is 29.3 Å². The maximum atomic E-state index is 12.7. The van der Waals surface area contributed by atoms with E-state index in [1.165, 1.54) is 0 Å². The lowest BCUT2D eigenvalue weighted by molar-refractivity contribution is 0.104. The van der Waals surface area contributed by atoms with E-state index in [1.54, 1.807) is 11.3 Å². The summed E-state index contributed by atoms with van der Waals surface area (Å²) in [6.45, 7) is 4.04. The van der Waals surface area contributed by atoms with E-state index in [1.807, 2.05) is 49.6 Å². The average Bonchev–Trinajstić information content (AvgIpc) is 2.82. The van der Waals surface area contributed by atoms with Crippen LogP contribution in [-0.2, 0) is 0 Å². The molecule has 3 rings (SSSR count). The summed E-state index contributed by atoms with van der Waals surface area (Å²) in [5, 5.41) is 2.98. The number of hydrogen-bond donors (Lipinski definition) is 0. The van der Waals surface area contributed by atoms with E-state index in [0.29, 0.717) is 0 Å². The van der Waals surface area contributed by atoms with Crippen molar-refractivity contribution in [3.05, 3.63) is 68.5 Å². The number of carbonyl (C=O) groups excluding carboxylic acids is 1. The molecule has 3 heteroatoms. The second-order valence-corrected chi connectivity index (χ2v) is 6.71. The van der Waals surface area contributed by atoms with Crippen molar-refractivity contribution in [2.24, 2.45) is 0 Å². The standard InChI is InChI=1S/C17H13BrOS/c1-10-6-11(2)8-12(7-10)16(19)14-9-20-17-13(14)4-3-5-15(17)18/h3-9H,1-2H3. The summed E-state index contributed by atoms with van der Waals surface area (Å²) >= 11 is 5.14. The molecule has 0 aliphatic carbocycles. The van der Waals surface area contributed by atoms with Gasteiger partial charge in [-0.3, -0.25) is 4.79 Å². The number of benzene rings is 2. The van der Waals surface area contributed by atoms with Gasteiger partial charge in [0.1, 0.15) is 0 Å². The van der Waals surface area contributed by atoms with E-state index < -0.39 is 0 Å². The molecule has 0 atom stereocenters. The molecule has 0 unspecified atom stereocenters. The van der Waals surface area contributed by atoms with Gasteiger partial charge in [0, 0.05) is 31.1 Å². The Hall–Kier alpha value is -1.45. The highest BCUT2D eigenvalue weighted by atomic mass is 79.9. The van der Waals surface area contributed by atoms with E-state index in [-0.39, 0.29) is 5.78 Å².